The van der Waals surface area contributed by atoms with Crippen molar-refractivity contribution in [2.75, 3.05) is 0 Å². The molecule has 83 heavy (non-hydrogen) atoms. The second kappa shape index (κ2) is 35.4. The van der Waals surface area contributed by atoms with Gasteiger partial charge in [-0.15, -0.1) is 25.5 Å². The summed E-state index contributed by atoms with van der Waals surface area (Å²) in [4.78, 5) is 0. The fourth-order valence-corrected chi connectivity index (χ4v) is 10.4. The predicted octanol–water partition coefficient (Wildman–Crippen LogP) is 11.5. The van der Waals surface area contributed by atoms with E-state index in [1.807, 2.05) is 114 Å². The van der Waals surface area contributed by atoms with Crippen LogP contribution in [0.1, 0.15) is 267 Å². The van der Waals surface area contributed by atoms with E-state index in [1.165, 1.54) is 33.9 Å². The minimum atomic E-state index is -0.0264. The molecule has 0 saturated heterocycles. The summed E-state index contributed by atoms with van der Waals surface area (Å²) in [6.07, 6.45) is 2.69. The van der Waals surface area contributed by atoms with Gasteiger partial charge in [-0.05, 0) is 102 Å². The number of nitrogens with zero attached hydrogens (tertiary/aromatic N) is 19. The van der Waals surface area contributed by atoms with Gasteiger partial charge in [0.1, 0.15) is 17.2 Å². The molecule has 0 aliphatic heterocycles. The van der Waals surface area contributed by atoms with Gasteiger partial charge in [-0.3, -0.25) is 28.1 Å². The highest BCUT2D eigenvalue weighted by Crippen LogP contribution is 2.24. The second-order valence-electron chi connectivity index (χ2n) is 23.2. The molecule has 23 nitrogen and oxygen atoms in total. The van der Waals surface area contributed by atoms with Gasteiger partial charge in [0.25, 0.3) is 0 Å². The minimum absolute atomic E-state index is 0.0264. The highest BCUT2D eigenvalue weighted by atomic mass is 16.5. The Morgan fingerprint density at radius 2 is 0.651 bits per heavy atom. The number of aliphatic hydroxyl groups is 2. The van der Waals surface area contributed by atoms with Crippen LogP contribution in [0.2, 0.25) is 0 Å². The van der Waals surface area contributed by atoms with Crippen molar-refractivity contribution in [3.63, 3.8) is 0 Å². The van der Waals surface area contributed by atoms with E-state index < -0.39 is 0 Å². The minimum Gasteiger partial charge on any atom is -0.392 e. The van der Waals surface area contributed by atoms with Crippen molar-refractivity contribution in [2.24, 2.45) is 42.3 Å². The first kappa shape index (κ1) is 74.3. The van der Waals surface area contributed by atoms with E-state index in [-0.39, 0.29) is 13.2 Å². The lowest BCUT2D eigenvalue weighted by atomic mass is 10.0. The maximum atomic E-state index is 8.93. The van der Waals surface area contributed by atoms with Crippen LogP contribution in [0.5, 0.6) is 0 Å². The molecule has 0 amide bonds. The molecule has 8 heterocycles. The van der Waals surface area contributed by atoms with Crippen LogP contribution in [0.3, 0.4) is 0 Å². The van der Waals surface area contributed by atoms with Crippen molar-refractivity contribution in [1.82, 2.24) is 95.1 Å². The molecule has 0 unspecified atom stereocenters. The van der Waals surface area contributed by atoms with Gasteiger partial charge >= 0.3 is 0 Å². The standard InChI is InChI=1S/C8H15N3.C8H14N2O.2C8H13NO.C7H13N3O.3C7H13N3/c1-5-7-8(6(2)3)11(4)10-9-7;1-6(2)8-7(5-11)4-9-10(8)3;2*1-5(2)8-6(3)9-10-7(8)4;1-5(2)7-6(4-11)8-9-10(7)3;3*1-5(2)7-6(3)8-9-10(7)4/h6H,5H2,1-4H3;4,6,11H,5H2,1-3H3;2*5H,1-4H3;5,11H,4H2,1-3H3;3*5H,1-4H3. The van der Waals surface area contributed by atoms with Gasteiger partial charge in [-0.2, -0.15) is 5.10 Å². The van der Waals surface area contributed by atoms with Gasteiger partial charge < -0.3 is 19.3 Å². The summed E-state index contributed by atoms with van der Waals surface area (Å²) < 4.78 is 20.9. The molecular formula is C60H107N19O4. The molecule has 0 atom stereocenters. The maximum absolute atomic E-state index is 8.93. The summed E-state index contributed by atoms with van der Waals surface area (Å²) in [6.45, 7) is 50.1. The molecule has 0 radical (unpaired) electrons. The highest BCUT2D eigenvalue weighted by molar-refractivity contribution is 5.25. The van der Waals surface area contributed by atoms with Crippen molar-refractivity contribution < 1.29 is 19.3 Å². The molecule has 8 aromatic rings. The van der Waals surface area contributed by atoms with E-state index in [1.54, 1.807) is 10.9 Å². The first-order valence-corrected chi connectivity index (χ1v) is 29.1. The summed E-state index contributed by atoms with van der Waals surface area (Å²) in [6, 6.07) is 0. The van der Waals surface area contributed by atoms with E-state index in [9.17, 15) is 0 Å². The van der Waals surface area contributed by atoms with E-state index >= 15 is 0 Å². The Bertz CT molecular complexity index is 2560. The summed E-state index contributed by atoms with van der Waals surface area (Å²) in [5.74, 6) is 5.78. The van der Waals surface area contributed by atoms with E-state index in [0.29, 0.717) is 53.0 Å². The van der Waals surface area contributed by atoms with Crippen molar-refractivity contribution in [1.29, 1.82) is 0 Å². The number of hydrogen-bond donors (Lipinski definition) is 2. The van der Waals surface area contributed by atoms with Gasteiger partial charge in [0, 0.05) is 64.7 Å². The molecule has 0 saturated carbocycles. The van der Waals surface area contributed by atoms with Gasteiger partial charge in [0.2, 0.25) is 0 Å². The molecule has 8 rings (SSSR count). The van der Waals surface area contributed by atoms with Crippen molar-refractivity contribution >= 4 is 0 Å². The molecule has 466 valence electrons. The molecule has 0 aliphatic rings. The van der Waals surface area contributed by atoms with E-state index in [2.05, 4.69) is 185 Å². The van der Waals surface area contributed by atoms with Gasteiger partial charge in [0.15, 0.2) is 0 Å². The van der Waals surface area contributed by atoms with E-state index in [4.69, 9.17) is 19.3 Å². The number of aliphatic hydroxyl groups excluding tert-OH is 2. The summed E-state index contributed by atoms with van der Waals surface area (Å²) >= 11 is 0. The van der Waals surface area contributed by atoms with Crippen LogP contribution in [0.15, 0.2) is 15.2 Å². The van der Waals surface area contributed by atoms with Crippen LogP contribution >= 0.6 is 0 Å². The Balaban J connectivity index is 0.000000474. The van der Waals surface area contributed by atoms with Crippen LogP contribution in [-0.4, -0.2) is 105 Å². The van der Waals surface area contributed by atoms with Crippen molar-refractivity contribution in [3.05, 3.63) is 108 Å². The van der Waals surface area contributed by atoms with Crippen LogP contribution in [0.4, 0.5) is 0 Å². The molecule has 8 aromatic heterocycles. The van der Waals surface area contributed by atoms with Crippen LogP contribution in [0.25, 0.3) is 0 Å². The first-order chi connectivity index (χ1) is 38.6. The lowest BCUT2D eigenvalue weighted by Gasteiger charge is -2.07. The number of hydrogen-bond acceptors (Lipinski definition) is 17. The third-order valence-electron chi connectivity index (χ3n) is 13.4. The fourth-order valence-electron chi connectivity index (χ4n) is 10.4. The molecule has 0 bridgehead atoms. The lowest BCUT2D eigenvalue weighted by molar-refractivity contribution is 0.275. The fraction of sp³-hybridized carbons (Fsp3) is 0.683. The van der Waals surface area contributed by atoms with Gasteiger partial charge in [0.05, 0.1) is 82.0 Å². The van der Waals surface area contributed by atoms with Crippen LogP contribution in [0, 0.1) is 48.5 Å². The summed E-state index contributed by atoms with van der Waals surface area (Å²) in [5, 5.41) is 68.8. The number of aryl methyl sites for hydroxylation is 14. The number of aromatic nitrogens is 19. The molecule has 23 heteroatoms. The van der Waals surface area contributed by atoms with Crippen molar-refractivity contribution in [3.8, 4) is 0 Å². The second-order valence-corrected chi connectivity index (χ2v) is 23.2. The average Bonchev–Trinajstić information content (AvgIpc) is 4.30. The normalized spacial score (nSPS) is 10.9. The Kier molecular flexibility index (Phi) is 31.7. The zero-order chi connectivity index (χ0) is 63.9. The molecule has 0 aliphatic carbocycles. The van der Waals surface area contributed by atoms with E-state index in [0.717, 1.165) is 69.1 Å². The largest absolute Gasteiger partial charge is 0.392 e. The molecule has 0 aromatic carbocycles. The number of rotatable bonds is 11. The maximum Gasteiger partial charge on any atom is 0.137 e. The zero-order valence-corrected chi connectivity index (χ0v) is 56.5. The quantitative estimate of drug-likeness (QED) is 0.122. The Labute approximate surface area is 496 Å². The molecule has 2 N–H and O–H groups in total. The zero-order valence-electron chi connectivity index (χ0n) is 56.5. The summed E-state index contributed by atoms with van der Waals surface area (Å²) in [7, 11) is 11.5. The molecule has 0 spiro atoms. The van der Waals surface area contributed by atoms with Gasteiger partial charge in [-0.1, -0.05) is 154 Å². The topological polar surface area (TPSA) is 264 Å². The van der Waals surface area contributed by atoms with Crippen LogP contribution < -0.4 is 0 Å². The highest BCUT2D eigenvalue weighted by Gasteiger charge is 2.16. The average molecular weight is 1160 g/mol. The third-order valence-corrected chi connectivity index (χ3v) is 13.4. The van der Waals surface area contributed by atoms with Crippen LogP contribution in [-0.2, 0) is 61.9 Å². The summed E-state index contributed by atoms with van der Waals surface area (Å²) in [5.41, 5.74) is 17.5. The molecular weight excluding hydrogens is 1050 g/mol. The van der Waals surface area contributed by atoms with Gasteiger partial charge in [-0.25, -0.2) is 0 Å². The Morgan fingerprint density at radius 1 is 0.361 bits per heavy atom. The smallest absolute Gasteiger partial charge is 0.137 e. The monoisotopic (exact) mass is 1160 g/mol. The predicted molar refractivity (Wildman–Crippen MR) is 328 cm³/mol. The lowest BCUT2D eigenvalue weighted by Crippen LogP contribution is -2.02. The SMILES string of the molecule is CC(C)c1c(CO)cnn1C.CC(C)c1c(CO)nnn1C.CCc1nnn(C)c1C(C)C.Cc1nnn(C)c1C(C)C.Cc1nnn(C)c1C(C)C.Cc1nnn(C)c1C(C)C.Cc1noc(C)c1C(C)C.Cc1noc(C)c1C(C)C. The Morgan fingerprint density at radius 3 is 0.819 bits per heavy atom. The third kappa shape index (κ3) is 22.1. The molecule has 0 fully saturated rings. The Hall–Kier alpha value is -6.75. The first-order valence-electron chi connectivity index (χ1n) is 29.1. The van der Waals surface area contributed by atoms with Crippen molar-refractivity contribution in [2.45, 2.75) is 233 Å².